The average molecular weight is 355 g/mol. The van der Waals surface area contributed by atoms with E-state index in [2.05, 4.69) is 15.6 Å². The Hall–Kier alpha value is -2.38. The number of carbonyl (C=O) groups excluding carboxylic acids is 2. The van der Waals surface area contributed by atoms with Crippen molar-refractivity contribution < 1.29 is 9.59 Å². The number of carbonyl (C=O) groups is 2. The molecule has 5 nitrogen and oxygen atoms in total. The summed E-state index contributed by atoms with van der Waals surface area (Å²) in [5.74, 6) is -0.286. The van der Waals surface area contributed by atoms with Gasteiger partial charge >= 0.3 is 0 Å². The summed E-state index contributed by atoms with van der Waals surface area (Å²) >= 11 is 2.93. The van der Waals surface area contributed by atoms with Crippen LogP contribution in [-0.2, 0) is 4.79 Å². The highest BCUT2D eigenvalue weighted by Crippen LogP contribution is 2.36. The van der Waals surface area contributed by atoms with Crippen LogP contribution in [0.3, 0.4) is 0 Å². The Labute approximate surface area is 146 Å². The summed E-state index contributed by atoms with van der Waals surface area (Å²) in [4.78, 5) is 29.6. The van der Waals surface area contributed by atoms with E-state index in [1.54, 1.807) is 12.1 Å². The number of hydrogen-bond donors (Lipinski definition) is 2. The fraction of sp³-hybridized carbons (Fsp3) is 0.118. The van der Waals surface area contributed by atoms with Crippen molar-refractivity contribution in [3.8, 4) is 0 Å². The molecule has 1 atom stereocenters. The summed E-state index contributed by atoms with van der Waals surface area (Å²) in [6.45, 7) is 1.86. The number of benzene rings is 2. The summed E-state index contributed by atoms with van der Waals surface area (Å²) in [5, 5.41) is 6.10. The van der Waals surface area contributed by atoms with Crippen LogP contribution in [0.1, 0.15) is 17.3 Å². The van der Waals surface area contributed by atoms with Gasteiger partial charge in [0.25, 0.3) is 5.91 Å². The zero-order valence-corrected chi connectivity index (χ0v) is 14.3. The molecule has 1 aliphatic rings. The minimum Gasteiger partial charge on any atom is -0.324 e. The van der Waals surface area contributed by atoms with E-state index in [1.165, 1.54) is 23.1 Å². The predicted octanol–water partition coefficient (Wildman–Crippen LogP) is 3.98. The fourth-order valence-electron chi connectivity index (χ4n) is 2.44. The third-order valence-electron chi connectivity index (χ3n) is 3.69. The Balaban J connectivity index is 1.58. The first-order valence-corrected chi connectivity index (χ1v) is 9.08. The smallest absolute Gasteiger partial charge is 0.257 e. The van der Waals surface area contributed by atoms with E-state index >= 15 is 0 Å². The highest BCUT2D eigenvalue weighted by molar-refractivity contribution is 8.00. The number of thiazole rings is 1. The molecule has 2 N–H and O–H groups in total. The number of nitrogens with zero attached hydrogens (tertiary/aromatic N) is 1. The van der Waals surface area contributed by atoms with Gasteiger partial charge in [-0.25, -0.2) is 4.98 Å². The zero-order chi connectivity index (χ0) is 16.7. The van der Waals surface area contributed by atoms with Gasteiger partial charge in [-0.1, -0.05) is 23.5 Å². The summed E-state index contributed by atoms with van der Waals surface area (Å²) < 4.78 is 1.02. The van der Waals surface area contributed by atoms with E-state index in [0.29, 0.717) is 16.4 Å². The lowest BCUT2D eigenvalue weighted by molar-refractivity contribution is -0.115. The lowest BCUT2D eigenvalue weighted by atomic mass is 10.2. The topological polar surface area (TPSA) is 71.1 Å². The number of para-hydroxylation sites is 1. The van der Waals surface area contributed by atoms with Crippen LogP contribution in [0.2, 0.25) is 0 Å². The van der Waals surface area contributed by atoms with E-state index in [0.717, 1.165) is 15.1 Å². The normalized spacial score (nSPS) is 16.5. The standard InChI is InChI=1S/C17H13N3O2S2/c1-9-15(21)18-12-8-10(6-7-14(12)23-9)16(22)20-17-19-11-4-2-3-5-13(11)24-17/h2-9H,1H3,(H,18,21)(H,19,20,22). The van der Waals surface area contributed by atoms with Crippen molar-refractivity contribution in [3.05, 3.63) is 48.0 Å². The molecule has 0 bridgehead atoms. The summed E-state index contributed by atoms with van der Waals surface area (Å²) in [7, 11) is 0. The number of anilines is 2. The van der Waals surface area contributed by atoms with Gasteiger partial charge in [-0.05, 0) is 37.3 Å². The van der Waals surface area contributed by atoms with Crippen molar-refractivity contribution >= 4 is 55.9 Å². The number of nitrogens with one attached hydrogen (secondary N) is 2. The van der Waals surface area contributed by atoms with Crippen LogP contribution in [0.4, 0.5) is 10.8 Å². The first-order chi connectivity index (χ1) is 11.6. The van der Waals surface area contributed by atoms with Crippen molar-refractivity contribution in [2.45, 2.75) is 17.1 Å². The Morgan fingerprint density at radius 3 is 2.92 bits per heavy atom. The second-order valence-corrected chi connectivity index (χ2v) is 7.81. The van der Waals surface area contributed by atoms with Gasteiger partial charge < -0.3 is 5.32 Å². The molecule has 1 aliphatic heterocycles. The average Bonchev–Trinajstić information content (AvgIpc) is 2.97. The van der Waals surface area contributed by atoms with Gasteiger partial charge in [0.15, 0.2) is 5.13 Å². The maximum atomic E-state index is 12.5. The summed E-state index contributed by atoms with van der Waals surface area (Å²) in [5.41, 5.74) is 2.03. The number of fused-ring (bicyclic) bond motifs is 2. The number of thioether (sulfide) groups is 1. The van der Waals surface area contributed by atoms with E-state index < -0.39 is 0 Å². The van der Waals surface area contributed by atoms with Crippen LogP contribution in [0, 0.1) is 0 Å². The molecule has 2 amide bonds. The van der Waals surface area contributed by atoms with Gasteiger partial charge in [-0.2, -0.15) is 0 Å². The Bertz CT molecular complexity index is 934. The second-order valence-electron chi connectivity index (χ2n) is 5.40. The van der Waals surface area contributed by atoms with E-state index in [9.17, 15) is 9.59 Å². The first-order valence-electron chi connectivity index (χ1n) is 7.38. The Morgan fingerprint density at radius 1 is 1.25 bits per heavy atom. The number of rotatable bonds is 2. The number of hydrogen-bond acceptors (Lipinski definition) is 5. The third kappa shape index (κ3) is 2.76. The van der Waals surface area contributed by atoms with Crippen molar-refractivity contribution in [3.63, 3.8) is 0 Å². The highest BCUT2D eigenvalue weighted by atomic mass is 32.2. The van der Waals surface area contributed by atoms with Gasteiger partial charge in [0.2, 0.25) is 5.91 Å². The van der Waals surface area contributed by atoms with Gasteiger partial charge in [-0.3, -0.25) is 14.9 Å². The molecule has 0 spiro atoms. The van der Waals surface area contributed by atoms with Crippen LogP contribution in [-0.4, -0.2) is 22.0 Å². The van der Waals surface area contributed by atoms with E-state index in [1.807, 2.05) is 37.3 Å². The minimum absolute atomic E-state index is 0.0452. The molecule has 4 rings (SSSR count). The monoisotopic (exact) mass is 355 g/mol. The second kappa shape index (κ2) is 5.92. The molecule has 7 heteroatoms. The van der Waals surface area contributed by atoms with Crippen molar-refractivity contribution in [2.75, 3.05) is 10.6 Å². The number of amides is 2. The Morgan fingerprint density at radius 2 is 2.08 bits per heavy atom. The minimum atomic E-state index is -0.241. The van der Waals surface area contributed by atoms with E-state index in [-0.39, 0.29) is 17.1 Å². The van der Waals surface area contributed by atoms with Crippen LogP contribution in [0.15, 0.2) is 47.4 Å². The Kier molecular flexibility index (Phi) is 3.74. The zero-order valence-electron chi connectivity index (χ0n) is 12.7. The lowest BCUT2D eigenvalue weighted by Gasteiger charge is -2.21. The van der Waals surface area contributed by atoms with Crippen LogP contribution < -0.4 is 10.6 Å². The maximum absolute atomic E-state index is 12.5. The molecule has 24 heavy (non-hydrogen) atoms. The predicted molar refractivity (Wildman–Crippen MR) is 98.0 cm³/mol. The molecule has 2 heterocycles. The van der Waals surface area contributed by atoms with Gasteiger partial charge in [0.05, 0.1) is 21.2 Å². The van der Waals surface area contributed by atoms with Crippen LogP contribution in [0.5, 0.6) is 0 Å². The first kappa shape index (κ1) is 15.2. The van der Waals surface area contributed by atoms with Crippen molar-refractivity contribution in [2.24, 2.45) is 0 Å². The van der Waals surface area contributed by atoms with Gasteiger partial charge in [0.1, 0.15) is 0 Å². The molecule has 0 aliphatic carbocycles. The third-order valence-corrected chi connectivity index (χ3v) is 5.82. The highest BCUT2D eigenvalue weighted by Gasteiger charge is 2.23. The van der Waals surface area contributed by atoms with Crippen LogP contribution in [0.25, 0.3) is 10.2 Å². The molecule has 2 aromatic carbocycles. The SMILES string of the molecule is CC1Sc2ccc(C(=O)Nc3nc4ccccc4s3)cc2NC1=O. The van der Waals surface area contributed by atoms with Crippen LogP contribution >= 0.6 is 23.1 Å². The van der Waals surface area contributed by atoms with Gasteiger partial charge in [-0.15, -0.1) is 11.8 Å². The largest absolute Gasteiger partial charge is 0.324 e. The molecule has 1 unspecified atom stereocenters. The number of aromatic nitrogens is 1. The van der Waals surface area contributed by atoms with Crippen molar-refractivity contribution in [1.82, 2.24) is 4.98 Å². The maximum Gasteiger partial charge on any atom is 0.257 e. The quantitative estimate of drug-likeness (QED) is 0.729. The fourth-order valence-corrected chi connectivity index (χ4v) is 4.24. The summed E-state index contributed by atoms with van der Waals surface area (Å²) in [6, 6.07) is 13.1. The lowest BCUT2D eigenvalue weighted by Crippen LogP contribution is -2.26. The summed E-state index contributed by atoms with van der Waals surface area (Å²) in [6.07, 6.45) is 0. The molecule has 3 aromatic rings. The molecule has 0 radical (unpaired) electrons. The molecule has 1 aromatic heterocycles. The van der Waals surface area contributed by atoms with E-state index in [4.69, 9.17) is 0 Å². The molecule has 0 saturated heterocycles. The molecular formula is C17H13N3O2S2. The van der Waals surface area contributed by atoms with Gasteiger partial charge in [0, 0.05) is 10.5 Å². The molecule has 0 fully saturated rings. The molecule has 0 saturated carbocycles. The molecular weight excluding hydrogens is 342 g/mol. The van der Waals surface area contributed by atoms with Crippen molar-refractivity contribution in [1.29, 1.82) is 0 Å². The molecule has 120 valence electrons.